The molecule has 1 aromatic carbocycles. The molecule has 144 valence electrons. The SMILES string of the molecule is CC(=O)c1ccc(OCC(=O)NCC2CN(CC(C)C)CCO2)cc1F. The lowest BCUT2D eigenvalue weighted by Gasteiger charge is -2.33. The quantitative estimate of drug-likeness (QED) is 0.712. The first-order valence-electron chi connectivity index (χ1n) is 8.89. The van der Waals surface area contributed by atoms with E-state index >= 15 is 0 Å². The van der Waals surface area contributed by atoms with Crippen LogP contribution in [0.1, 0.15) is 31.1 Å². The van der Waals surface area contributed by atoms with E-state index in [0.29, 0.717) is 19.1 Å². The van der Waals surface area contributed by atoms with Crippen LogP contribution in [0.2, 0.25) is 0 Å². The highest BCUT2D eigenvalue weighted by molar-refractivity contribution is 5.94. The number of ketones is 1. The van der Waals surface area contributed by atoms with Crippen LogP contribution >= 0.6 is 0 Å². The van der Waals surface area contributed by atoms with E-state index in [2.05, 4.69) is 24.1 Å². The Morgan fingerprint density at radius 3 is 2.85 bits per heavy atom. The summed E-state index contributed by atoms with van der Waals surface area (Å²) < 4.78 is 24.7. The van der Waals surface area contributed by atoms with Gasteiger partial charge in [0.2, 0.25) is 0 Å². The normalized spacial score (nSPS) is 18.0. The molecule has 0 bridgehead atoms. The third-order valence-electron chi connectivity index (χ3n) is 4.06. The number of carbonyl (C=O) groups excluding carboxylic acids is 2. The Hall–Kier alpha value is -1.99. The second-order valence-corrected chi connectivity index (χ2v) is 6.94. The van der Waals surface area contributed by atoms with E-state index in [1.54, 1.807) is 0 Å². The zero-order chi connectivity index (χ0) is 19.1. The van der Waals surface area contributed by atoms with Crippen molar-refractivity contribution < 1.29 is 23.5 Å². The van der Waals surface area contributed by atoms with Crippen LogP contribution < -0.4 is 10.1 Å². The number of carbonyl (C=O) groups is 2. The molecule has 1 aliphatic rings. The van der Waals surface area contributed by atoms with Crippen molar-refractivity contribution in [3.63, 3.8) is 0 Å². The molecule has 2 rings (SSSR count). The van der Waals surface area contributed by atoms with E-state index in [4.69, 9.17) is 9.47 Å². The van der Waals surface area contributed by atoms with E-state index < -0.39 is 5.82 Å². The van der Waals surface area contributed by atoms with Crippen molar-refractivity contribution in [3.05, 3.63) is 29.6 Å². The molecule has 0 saturated carbocycles. The maximum atomic E-state index is 13.7. The number of ether oxygens (including phenoxy) is 2. The Morgan fingerprint density at radius 1 is 1.42 bits per heavy atom. The summed E-state index contributed by atoms with van der Waals surface area (Å²) in [6.45, 7) is 9.21. The van der Waals surface area contributed by atoms with Gasteiger partial charge < -0.3 is 14.8 Å². The van der Waals surface area contributed by atoms with Crippen LogP contribution in [0.5, 0.6) is 5.75 Å². The first-order chi connectivity index (χ1) is 12.3. The van der Waals surface area contributed by atoms with Crippen molar-refractivity contribution in [3.8, 4) is 5.75 Å². The predicted octanol–water partition coefficient (Wildman–Crippen LogP) is 1.88. The fraction of sp³-hybridized carbons (Fsp3) is 0.579. The summed E-state index contributed by atoms with van der Waals surface area (Å²) in [6, 6.07) is 3.93. The molecule has 1 saturated heterocycles. The number of morpholine rings is 1. The molecule has 0 radical (unpaired) electrons. The molecular formula is C19H27FN2O4. The molecule has 1 amide bonds. The summed E-state index contributed by atoms with van der Waals surface area (Å²) in [5.41, 5.74) is 0.00204. The third kappa shape index (κ3) is 6.38. The van der Waals surface area contributed by atoms with Gasteiger partial charge in [-0.3, -0.25) is 14.5 Å². The topological polar surface area (TPSA) is 67.9 Å². The lowest BCUT2D eigenvalue weighted by molar-refractivity contribution is -0.124. The molecule has 1 aliphatic heterocycles. The summed E-state index contributed by atoms with van der Waals surface area (Å²) in [6.07, 6.45) is -0.0428. The fourth-order valence-electron chi connectivity index (χ4n) is 2.88. The number of Topliss-reactive ketones (excluding diaryl/α,β-unsaturated/α-hetero) is 1. The minimum Gasteiger partial charge on any atom is -0.484 e. The average Bonchev–Trinajstić information content (AvgIpc) is 2.57. The minimum absolute atomic E-state index is 0.00204. The highest BCUT2D eigenvalue weighted by Gasteiger charge is 2.21. The zero-order valence-electron chi connectivity index (χ0n) is 15.6. The van der Waals surface area contributed by atoms with Crippen LogP contribution in [-0.2, 0) is 9.53 Å². The molecule has 1 fully saturated rings. The number of hydrogen-bond donors (Lipinski definition) is 1. The van der Waals surface area contributed by atoms with Crippen LogP contribution in [0.3, 0.4) is 0 Å². The largest absolute Gasteiger partial charge is 0.484 e. The third-order valence-corrected chi connectivity index (χ3v) is 4.06. The van der Waals surface area contributed by atoms with Crippen molar-refractivity contribution in [1.82, 2.24) is 10.2 Å². The van der Waals surface area contributed by atoms with Crippen molar-refractivity contribution in [2.24, 2.45) is 5.92 Å². The molecule has 1 unspecified atom stereocenters. The van der Waals surface area contributed by atoms with Crippen LogP contribution in [-0.4, -0.2) is 62.1 Å². The van der Waals surface area contributed by atoms with Crippen LogP contribution in [0, 0.1) is 11.7 Å². The number of amides is 1. The van der Waals surface area contributed by atoms with Gasteiger partial charge in [0, 0.05) is 32.2 Å². The predicted molar refractivity (Wildman–Crippen MR) is 95.9 cm³/mol. The van der Waals surface area contributed by atoms with E-state index in [1.165, 1.54) is 19.1 Å². The lowest BCUT2D eigenvalue weighted by atomic mass is 10.1. The fourth-order valence-corrected chi connectivity index (χ4v) is 2.88. The first kappa shape index (κ1) is 20.3. The van der Waals surface area contributed by atoms with Crippen LogP contribution in [0.25, 0.3) is 0 Å². The summed E-state index contributed by atoms with van der Waals surface area (Å²) in [4.78, 5) is 25.5. The van der Waals surface area contributed by atoms with Gasteiger partial charge in [-0.1, -0.05) is 13.8 Å². The van der Waals surface area contributed by atoms with Crippen LogP contribution in [0.4, 0.5) is 4.39 Å². The summed E-state index contributed by atoms with van der Waals surface area (Å²) in [5, 5.41) is 2.78. The Kier molecular flexibility index (Phi) is 7.53. The summed E-state index contributed by atoms with van der Waals surface area (Å²) >= 11 is 0. The molecule has 7 heteroatoms. The van der Waals surface area contributed by atoms with Gasteiger partial charge in [-0.25, -0.2) is 4.39 Å². The van der Waals surface area contributed by atoms with Gasteiger partial charge in [-0.15, -0.1) is 0 Å². The molecule has 1 atom stereocenters. The summed E-state index contributed by atoms with van der Waals surface area (Å²) in [5.74, 6) is -0.515. The van der Waals surface area contributed by atoms with Gasteiger partial charge in [0.1, 0.15) is 11.6 Å². The average molecular weight is 366 g/mol. The molecule has 1 N–H and O–H groups in total. The molecule has 0 aromatic heterocycles. The highest BCUT2D eigenvalue weighted by Crippen LogP contribution is 2.17. The number of halogens is 1. The first-order valence-corrected chi connectivity index (χ1v) is 8.89. The number of benzene rings is 1. The van der Waals surface area contributed by atoms with E-state index in [9.17, 15) is 14.0 Å². The highest BCUT2D eigenvalue weighted by atomic mass is 19.1. The standard InChI is InChI=1S/C19H27FN2O4/c1-13(2)10-22-6-7-25-16(11-22)9-21-19(24)12-26-15-4-5-17(14(3)23)18(20)8-15/h4-5,8,13,16H,6-7,9-12H2,1-3H3,(H,21,24). The maximum absolute atomic E-state index is 13.7. The number of rotatable bonds is 8. The van der Waals surface area contributed by atoms with Gasteiger partial charge in [-0.05, 0) is 25.0 Å². The van der Waals surface area contributed by atoms with Gasteiger partial charge in [-0.2, -0.15) is 0 Å². The van der Waals surface area contributed by atoms with Gasteiger partial charge in [0.05, 0.1) is 18.3 Å². The van der Waals surface area contributed by atoms with E-state index in [0.717, 1.165) is 25.7 Å². The van der Waals surface area contributed by atoms with E-state index in [1.807, 2.05) is 0 Å². The molecule has 1 aromatic rings. The number of nitrogens with zero attached hydrogens (tertiary/aromatic N) is 1. The zero-order valence-corrected chi connectivity index (χ0v) is 15.6. The lowest BCUT2D eigenvalue weighted by Crippen LogP contribution is -2.48. The van der Waals surface area contributed by atoms with E-state index in [-0.39, 0.29) is 35.7 Å². The minimum atomic E-state index is -0.656. The van der Waals surface area contributed by atoms with Crippen LogP contribution in [0.15, 0.2) is 18.2 Å². The van der Waals surface area contributed by atoms with Gasteiger partial charge >= 0.3 is 0 Å². The number of nitrogens with one attached hydrogen (secondary N) is 1. The second kappa shape index (κ2) is 9.64. The monoisotopic (exact) mass is 366 g/mol. The Balaban J connectivity index is 1.73. The van der Waals surface area contributed by atoms with Gasteiger partial charge in [0.25, 0.3) is 5.91 Å². The molecule has 1 heterocycles. The van der Waals surface area contributed by atoms with Crippen molar-refractivity contribution in [2.45, 2.75) is 26.9 Å². The Labute approximate surface area is 153 Å². The van der Waals surface area contributed by atoms with Crippen molar-refractivity contribution in [1.29, 1.82) is 0 Å². The molecule has 26 heavy (non-hydrogen) atoms. The Morgan fingerprint density at radius 2 is 2.19 bits per heavy atom. The second-order valence-electron chi connectivity index (χ2n) is 6.94. The van der Waals surface area contributed by atoms with Crippen molar-refractivity contribution >= 4 is 11.7 Å². The maximum Gasteiger partial charge on any atom is 0.258 e. The van der Waals surface area contributed by atoms with Gasteiger partial charge in [0.15, 0.2) is 12.4 Å². The molecular weight excluding hydrogens is 339 g/mol. The van der Waals surface area contributed by atoms with Crippen molar-refractivity contribution in [2.75, 3.05) is 39.4 Å². The molecule has 0 aliphatic carbocycles. The molecule has 6 nitrogen and oxygen atoms in total. The smallest absolute Gasteiger partial charge is 0.258 e. The summed E-state index contributed by atoms with van der Waals surface area (Å²) in [7, 11) is 0. The Bertz CT molecular complexity index is 636. The number of hydrogen-bond acceptors (Lipinski definition) is 5. The molecule has 0 spiro atoms.